The number of carbonyl (C=O) groups is 1. The lowest BCUT2D eigenvalue weighted by atomic mass is 10.2. The quantitative estimate of drug-likeness (QED) is 0.734. The van der Waals surface area contributed by atoms with E-state index >= 15 is 0 Å². The lowest BCUT2D eigenvalue weighted by molar-refractivity contribution is -0.117. The highest BCUT2D eigenvalue weighted by Gasteiger charge is 2.10. The minimum Gasteiger partial charge on any atom is -0.361 e. The molecule has 0 aliphatic heterocycles. The first-order valence-electron chi connectivity index (χ1n) is 5.34. The van der Waals surface area contributed by atoms with Crippen LogP contribution in [0.25, 0.3) is 10.9 Å². The Labute approximate surface area is 93.8 Å². The fourth-order valence-corrected chi connectivity index (χ4v) is 1.55. The standard InChI is InChI=1S/C12H15N3O/c1-2-10(13)12(16)15-9-3-4-11-8(7-9)5-6-14-11/h3-7,10,14H,2,13H2,1H3,(H,15,16)/t10-/m0/s1. The number of nitrogens with two attached hydrogens (primary N) is 1. The van der Waals surface area contributed by atoms with Crippen molar-refractivity contribution < 1.29 is 4.79 Å². The normalized spacial score (nSPS) is 12.6. The molecule has 0 saturated heterocycles. The van der Waals surface area contributed by atoms with Gasteiger partial charge in [0.15, 0.2) is 0 Å². The van der Waals surface area contributed by atoms with Crippen molar-refractivity contribution in [3.05, 3.63) is 30.5 Å². The molecule has 16 heavy (non-hydrogen) atoms. The number of rotatable bonds is 3. The molecule has 0 saturated carbocycles. The van der Waals surface area contributed by atoms with Crippen LogP contribution in [0.15, 0.2) is 30.5 Å². The molecule has 0 radical (unpaired) electrons. The van der Waals surface area contributed by atoms with Crippen molar-refractivity contribution in [1.29, 1.82) is 0 Å². The minimum absolute atomic E-state index is 0.141. The predicted octanol–water partition coefficient (Wildman–Crippen LogP) is 1.84. The van der Waals surface area contributed by atoms with E-state index in [-0.39, 0.29) is 5.91 Å². The third-order valence-electron chi connectivity index (χ3n) is 2.60. The molecule has 1 heterocycles. The monoisotopic (exact) mass is 217 g/mol. The van der Waals surface area contributed by atoms with Gasteiger partial charge in [0.05, 0.1) is 6.04 Å². The molecule has 0 aliphatic carbocycles. The van der Waals surface area contributed by atoms with Crippen LogP contribution >= 0.6 is 0 Å². The van der Waals surface area contributed by atoms with Crippen molar-refractivity contribution in [2.24, 2.45) is 5.73 Å². The summed E-state index contributed by atoms with van der Waals surface area (Å²) >= 11 is 0. The van der Waals surface area contributed by atoms with Crippen molar-refractivity contribution in [2.45, 2.75) is 19.4 Å². The molecule has 1 amide bonds. The third-order valence-corrected chi connectivity index (χ3v) is 2.60. The molecule has 84 valence electrons. The van der Waals surface area contributed by atoms with Crippen LogP contribution in [0.5, 0.6) is 0 Å². The van der Waals surface area contributed by atoms with Crippen LogP contribution in [-0.2, 0) is 4.79 Å². The number of fused-ring (bicyclic) bond motifs is 1. The topological polar surface area (TPSA) is 70.9 Å². The summed E-state index contributed by atoms with van der Waals surface area (Å²) in [5.41, 5.74) is 7.47. The van der Waals surface area contributed by atoms with E-state index in [1.807, 2.05) is 37.4 Å². The average molecular weight is 217 g/mol. The number of aromatic nitrogens is 1. The predicted molar refractivity (Wildman–Crippen MR) is 65.2 cm³/mol. The van der Waals surface area contributed by atoms with Gasteiger partial charge < -0.3 is 16.0 Å². The van der Waals surface area contributed by atoms with E-state index in [0.29, 0.717) is 6.42 Å². The number of hydrogen-bond acceptors (Lipinski definition) is 2. The first-order chi connectivity index (χ1) is 7.70. The zero-order valence-corrected chi connectivity index (χ0v) is 9.16. The molecule has 1 aromatic heterocycles. The van der Waals surface area contributed by atoms with Gasteiger partial charge in [-0.3, -0.25) is 4.79 Å². The van der Waals surface area contributed by atoms with Crippen LogP contribution in [0.1, 0.15) is 13.3 Å². The Bertz CT molecular complexity index is 504. The molecule has 0 bridgehead atoms. The summed E-state index contributed by atoms with van der Waals surface area (Å²) < 4.78 is 0. The van der Waals surface area contributed by atoms with Gasteiger partial charge in [-0.15, -0.1) is 0 Å². The lowest BCUT2D eigenvalue weighted by Crippen LogP contribution is -2.34. The van der Waals surface area contributed by atoms with Gasteiger partial charge >= 0.3 is 0 Å². The van der Waals surface area contributed by atoms with Crippen LogP contribution in [-0.4, -0.2) is 16.9 Å². The van der Waals surface area contributed by atoms with Crippen molar-refractivity contribution in [1.82, 2.24) is 4.98 Å². The fraction of sp³-hybridized carbons (Fsp3) is 0.250. The number of aromatic amines is 1. The van der Waals surface area contributed by atoms with Crippen molar-refractivity contribution in [3.8, 4) is 0 Å². The highest BCUT2D eigenvalue weighted by Crippen LogP contribution is 2.17. The highest BCUT2D eigenvalue weighted by atomic mass is 16.2. The Morgan fingerprint density at radius 3 is 3.06 bits per heavy atom. The number of amides is 1. The van der Waals surface area contributed by atoms with Gasteiger partial charge in [0.25, 0.3) is 0 Å². The molecule has 0 unspecified atom stereocenters. The Hall–Kier alpha value is -1.81. The van der Waals surface area contributed by atoms with Crippen molar-refractivity contribution in [3.63, 3.8) is 0 Å². The Balaban J connectivity index is 2.17. The summed E-state index contributed by atoms with van der Waals surface area (Å²) in [7, 11) is 0. The zero-order chi connectivity index (χ0) is 11.5. The van der Waals surface area contributed by atoms with E-state index in [1.54, 1.807) is 0 Å². The Morgan fingerprint density at radius 2 is 2.31 bits per heavy atom. The number of H-pyrrole nitrogens is 1. The summed E-state index contributed by atoms with van der Waals surface area (Å²) in [6.45, 7) is 1.89. The summed E-state index contributed by atoms with van der Waals surface area (Å²) in [5, 5.41) is 3.87. The van der Waals surface area contributed by atoms with Gasteiger partial charge in [0, 0.05) is 22.8 Å². The van der Waals surface area contributed by atoms with Gasteiger partial charge in [-0.2, -0.15) is 0 Å². The molecule has 0 spiro atoms. The molecular formula is C12H15N3O. The number of hydrogen-bond donors (Lipinski definition) is 3. The zero-order valence-electron chi connectivity index (χ0n) is 9.16. The fourth-order valence-electron chi connectivity index (χ4n) is 1.55. The third kappa shape index (κ3) is 2.06. The summed E-state index contributed by atoms with van der Waals surface area (Å²) in [6, 6.07) is 7.24. The molecule has 2 aromatic rings. The van der Waals surface area contributed by atoms with Crippen LogP contribution in [0.3, 0.4) is 0 Å². The molecule has 0 aliphatic rings. The molecule has 1 aromatic carbocycles. The summed E-state index contributed by atoms with van der Waals surface area (Å²) in [5.74, 6) is -0.141. The van der Waals surface area contributed by atoms with Gasteiger partial charge in [0.1, 0.15) is 0 Å². The second-order valence-corrected chi connectivity index (χ2v) is 3.78. The maximum atomic E-state index is 11.6. The van der Waals surface area contributed by atoms with Crippen LogP contribution in [0.4, 0.5) is 5.69 Å². The molecule has 1 atom stereocenters. The maximum Gasteiger partial charge on any atom is 0.241 e. The van der Waals surface area contributed by atoms with E-state index in [0.717, 1.165) is 16.6 Å². The number of anilines is 1. The SMILES string of the molecule is CC[C@H](N)C(=O)Nc1ccc2[nH]ccc2c1. The van der Waals surface area contributed by atoms with Crippen molar-refractivity contribution >= 4 is 22.5 Å². The smallest absolute Gasteiger partial charge is 0.241 e. The largest absolute Gasteiger partial charge is 0.361 e. The van der Waals surface area contributed by atoms with Crippen LogP contribution < -0.4 is 11.1 Å². The Morgan fingerprint density at radius 1 is 1.50 bits per heavy atom. The maximum absolute atomic E-state index is 11.6. The van der Waals surface area contributed by atoms with E-state index in [2.05, 4.69) is 10.3 Å². The molecule has 4 heteroatoms. The minimum atomic E-state index is -0.443. The molecule has 2 rings (SSSR count). The van der Waals surface area contributed by atoms with E-state index < -0.39 is 6.04 Å². The first kappa shape index (κ1) is 10.7. The molecule has 4 nitrogen and oxygen atoms in total. The second kappa shape index (κ2) is 4.37. The summed E-state index contributed by atoms with van der Waals surface area (Å²) in [6.07, 6.45) is 2.51. The van der Waals surface area contributed by atoms with Crippen LogP contribution in [0, 0.1) is 0 Å². The second-order valence-electron chi connectivity index (χ2n) is 3.78. The first-order valence-corrected chi connectivity index (χ1v) is 5.34. The van der Waals surface area contributed by atoms with Gasteiger partial charge in [-0.05, 0) is 30.7 Å². The van der Waals surface area contributed by atoms with E-state index in [9.17, 15) is 4.79 Å². The summed E-state index contributed by atoms with van der Waals surface area (Å²) in [4.78, 5) is 14.7. The van der Waals surface area contributed by atoms with Gasteiger partial charge in [-0.25, -0.2) is 0 Å². The van der Waals surface area contributed by atoms with Crippen LogP contribution in [0.2, 0.25) is 0 Å². The Kier molecular flexibility index (Phi) is 2.92. The lowest BCUT2D eigenvalue weighted by Gasteiger charge is -2.09. The van der Waals surface area contributed by atoms with Crippen molar-refractivity contribution in [2.75, 3.05) is 5.32 Å². The number of benzene rings is 1. The van der Waals surface area contributed by atoms with E-state index in [1.165, 1.54) is 0 Å². The highest BCUT2D eigenvalue weighted by molar-refractivity contribution is 5.96. The van der Waals surface area contributed by atoms with Gasteiger partial charge in [-0.1, -0.05) is 6.92 Å². The van der Waals surface area contributed by atoms with Gasteiger partial charge in [0.2, 0.25) is 5.91 Å². The average Bonchev–Trinajstić information content (AvgIpc) is 2.75. The molecule has 4 N–H and O–H groups in total. The molecule has 0 fully saturated rings. The molecular weight excluding hydrogens is 202 g/mol. The van der Waals surface area contributed by atoms with E-state index in [4.69, 9.17) is 5.73 Å². The number of carbonyl (C=O) groups excluding carboxylic acids is 1. The number of nitrogens with one attached hydrogen (secondary N) is 2.